The highest BCUT2D eigenvalue weighted by atomic mass is 19.1. The van der Waals surface area contributed by atoms with E-state index in [0.717, 1.165) is 12.8 Å². The van der Waals surface area contributed by atoms with Crippen molar-refractivity contribution in [2.45, 2.75) is 19.4 Å². The highest BCUT2D eigenvalue weighted by Gasteiger charge is 2.29. The van der Waals surface area contributed by atoms with E-state index in [1.807, 2.05) is 9.80 Å². The van der Waals surface area contributed by atoms with Gasteiger partial charge in [-0.05, 0) is 18.9 Å². The summed E-state index contributed by atoms with van der Waals surface area (Å²) in [5.74, 6) is -0.698. The molecule has 2 amide bonds. The second kappa shape index (κ2) is 9.55. The van der Waals surface area contributed by atoms with E-state index in [1.165, 1.54) is 6.07 Å². The molecule has 29 heavy (non-hydrogen) atoms. The summed E-state index contributed by atoms with van der Waals surface area (Å²) < 4.78 is 25.1. The van der Waals surface area contributed by atoms with Crippen molar-refractivity contribution in [3.05, 3.63) is 29.6 Å². The predicted octanol–water partition coefficient (Wildman–Crippen LogP) is 0.811. The van der Waals surface area contributed by atoms with Crippen LogP contribution in [0.25, 0.3) is 0 Å². The van der Waals surface area contributed by atoms with E-state index in [9.17, 15) is 14.0 Å². The molecule has 1 aromatic carbocycles. The van der Waals surface area contributed by atoms with E-state index in [0.29, 0.717) is 45.1 Å². The first-order valence-electron chi connectivity index (χ1n) is 9.61. The van der Waals surface area contributed by atoms with Crippen LogP contribution in [0.2, 0.25) is 0 Å². The van der Waals surface area contributed by atoms with Gasteiger partial charge in [0.25, 0.3) is 0 Å². The van der Waals surface area contributed by atoms with Gasteiger partial charge in [-0.3, -0.25) is 4.79 Å². The lowest BCUT2D eigenvalue weighted by Crippen LogP contribution is -2.51. The summed E-state index contributed by atoms with van der Waals surface area (Å²) in [6.45, 7) is 3.12. The lowest BCUT2D eigenvalue weighted by molar-refractivity contribution is -0.138. The normalized spacial score (nSPS) is 17.7. The van der Waals surface area contributed by atoms with Gasteiger partial charge in [-0.25, -0.2) is 9.18 Å². The van der Waals surface area contributed by atoms with Crippen LogP contribution in [0.15, 0.2) is 23.2 Å². The molecule has 0 atom stereocenters. The van der Waals surface area contributed by atoms with Crippen molar-refractivity contribution in [2.24, 2.45) is 22.4 Å². The Labute approximate surface area is 168 Å². The summed E-state index contributed by atoms with van der Waals surface area (Å²) in [5, 5.41) is 0. The molecule has 2 heterocycles. The Bertz CT molecular complexity index is 770. The van der Waals surface area contributed by atoms with Crippen LogP contribution in [0, 0.1) is 11.7 Å². The molecule has 0 unspecified atom stereocenters. The van der Waals surface area contributed by atoms with E-state index >= 15 is 0 Å². The number of benzene rings is 1. The number of piperazine rings is 1. The first kappa shape index (κ1) is 20.8. The summed E-state index contributed by atoms with van der Waals surface area (Å²) in [6, 6.07) is 4.90. The number of carbonyl (C=O) groups is 2. The van der Waals surface area contributed by atoms with Gasteiger partial charge in [0.15, 0.2) is 11.8 Å². The fourth-order valence-electron chi connectivity index (χ4n) is 3.57. The number of rotatable bonds is 4. The number of ether oxygens (including phenoxy) is 2. The molecule has 4 N–H and O–H groups in total. The fourth-order valence-corrected chi connectivity index (χ4v) is 3.57. The van der Waals surface area contributed by atoms with Gasteiger partial charge in [-0.2, -0.15) is 0 Å². The number of anilines is 1. The van der Waals surface area contributed by atoms with Crippen molar-refractivity contribution < 1.29 is 23.5 Å². The molecule has 10 heteroatoms. The topological polar surface area (TPSA) is 123 Å². The molecule has 158 valence electrons. The number of hydrogen-bond acceptors (Lipinski definition) is 5. The number of guanidine groups is 1. The highest BCUT2D eigenvalue weighted by Crippen LogP contribution is 2.25. The average molecular weight is 407 g/mol. The van der Waals surface area contributed by atoms with Gasteiger partial charge in [-0.1, -0.05) is 12.1 Å². The van der Waals surface area contributed by atoms with Gasteiger partial charge in [0.2, 0.25) is 5.91 Å². The van der Waals surface area contributed by atoms with Crippen LogP contribution in [-0.2, 0) is 20.9 Å². The van der Waals surface area contributed by atoms with E-state index in [2.05, 4.69) is 4.99 Å². The maximum Gasteiger partial charge on any atom is 0.437 e. The quantitative estimate of drug-likeness (QED) is 0.559. The molecular formula is C19H26FN5O4. The molecule has 0 bridgehead atoms. The van der Waals surface area contributed by atoms with Crippen LogP contribution in [-0.4, -0.2) is 62.3 Å². The Morgan fingerprint density at radius 3 is 2.52 bits per heavy atom. The number of halogens is 1. The molecule has 2 saturated heterocycles. The Morgan fingerprint density at radius 2 is 1.86 bits per heavy atom. The zero-order valence-electron chi connectivity index (χ0n) is 16.2. The van der Waals surface area contributed by atoms with Crippen molar-refractivity contribution in [2.75, 3.05) is 44.3 Å². The van der Waals surface area contributed by atoms with Gasteiger partial charge >= 0.3 is 6.09 Å². The Balaban J connectivity index is 1.58. The number of aliphatic imine (C=N–C) groups is 1. The minimum atomic E-state index is -0.977. The van der Waals surface area contributed by atoms with Crippen LogP contribution in [0.4, 0.5) is 14.9 Å². The van der Waals surface area contributed by atoms with Crippen molar-refractivity contribution in [1.29, 1.82) is 0 Å². The minimum Gasteiger partial charge on any atom is -0.443 e. The van der Waals surface area contributed by atoms with Gasteiger partial charge in [0.1, 0.15) is 6.61 Å². The number of nitrogens with two attached hydrogens (primary N) is 2. The van der Waals surface area contributed by atoms with Gasteiger partial charge < -0.3 is 30.7 Å². The molecule has 0 aromatic heterocycles. The van der Waals surface area contributed by atoms with Crippen LogP contribution in [0.3, 0.4) is 0 Å². The van der Waals surface area contributed by atoms with Crippen LogP contribution in [0.5, 0.6) is 0 Å². The molecule has 3 rings (SSSR count). The largest absolute Gasteiger partial charge is 0.443 e. The molecule has 0 aliphatic carbocycles. The summed E-state index contributed by atoms with van der Waals surface area (Å²) >= 11 is 0. The second-order valence-electron chi connectivity index (χ2n) is 7.04. The molecule has 0 radical (unpaired) electrons. The molecule has 1 aromatic rings. The Morgan fingerprint density at radius 1 is 1.17 bits per heavy atom. The average Bonchev–Trinajstić information content (AvgIpc) is 2.73. The van der Waals surface area contributed by atoms with Crippen LogP contribution >= 0.6 is 0 Å². The minimum absolute atomic E-state index is 0.0234. The lowest BCUT2D eigenvalue weighted by Gasteiger charge is -2.38. The zero-order chi connectivity index (χ0) is 20.8. The van der Waals surface area contributed by atoms with Crippen LogP contribution in [0.1, 0.15) is 18.4 Å². The fraction of sp³-hybridized carbons (Fsp3) is 0.526. The summed E-state index contributed by atoms with van der Waals surface area (Å²) in [4.78, 5) is 31.0. The Kier molecular flexibility index (Phi) is 6.86. The molecule has 2 aliphatic heterocycles. The van der Waals surface area contributed by atoms with Gasteiger partial charge in [-0.15, -0.1) is 4.99 Å². The third-order valence-electron chi connectivity index (χ3n) is 5.13. The molecule has 2 fully saturated rings. The van der Waals surface area contributed by atoms with Crippen LogP contribution < -0.4 is 16.4 Å². The van der Waals surface area contributed by atoms with E-state index in [-0.39, 0.29) is 24.0 Å². The lowest BCUT2D eigenvalue weighted by atomic mass is 9.98. The number of hydrogen-bond donors (Lipinski definition) is 2. The van der Waals surface area contributed by atoms with Crippen molar-refractivity contribution in [3.8, 4) is 0 Å². The summed E-state index contributed by atoms with van der Waals surface area (Å²) in [7, 11) is 0. The van der Waals surface area contributed by atoms with Gasteiger partial charge in [0, 0.05) is 50.9 Å². The molecule has 2 aliphatic rings. The standard InChI is InChI=1S/C19H26FN5O4/c20-16-14(12-29-19(27)23-18(21)22)2-1-3-15(16)24-6-8-25(9-7-24)17(26)13-4-10-28-11-5-13/h1-3,13H,4-12H2,(H4,21,22,23,27). The molecule has 0 spiro atoms. The maximum atomic E-state index is 14.9. The highest BCUT2D eigenvalue weighted by molar-refractivity contribution is 5.87. The zero-order valence-corrected chi connectivity index (χ0v) is 16.2. The first-order valence-corrected chi connectivity index (χ1v) is 9.61. The van der Waals surface area contributed by atoms with Gasteiger partial charge in [0.05, 0.1) is 5.69 Å². The smallest absolute Gasteiger partial charge is 0.437 e. The second-order valence-corrected chi connectivity index (χ2v) is 7.04. The third-order valence-corrected chi connectivity index (χ3v) is 5.13. The maximum absolute atomic E-state index is 14.9. The monoisotopic (exact) mass is 407 g/mol. The predicted molar refractivity (Wildman–Crippen MR) is 105 cm³/mol. The Hall–Kier alpha value is -2.88. The number of carbonyl (C=O) groups excluding carboxylic acids is 2. The third kappa shape index (κ3) is 5.35. The number of amides is 2. The number of nitrogens with zero attached hydrogens (tertiary/aromatic N) is 3. The molecule has 0 saturated carbocycles. The van der Waals surface area contributed by atoms with E-state index in [4.69, 9.17) is 20.9 Å². The van der Waals surface area contributed by atoms with Crippen molar-refractivity contribution in [3.63, 3.8) is 0 Å². The SMILES string of the molecule is NC(N)=NC(=O)OCc1cccc(N2CCN(C(=O)C3CCOCC3)CC2)c1F. The summed E-state index contributed by atoms with van der Waals surface area (Å²) in [5.41, 5.74) is 10.9. The van der Waals surface area contributed by atoms with E-state index < -0.39 is 17.9 Å². The van der Waals surface area contributed by atoms with Crippen molar-refractivity contribution >= 4 is 23.6 Å². The summed E-state index contributed by atoms with van der Waals surface area (Å²) in [6.07, 6.45) is 0.540. The first-order chi connectivity index (χ1) is 14.0. The molecular weight excluding hydrogens is 381 g/mol. The molecule has 9 nitrogen and oxygen atoms in total. The van der Waals surface area contributed by atoms with E-state index in [1.54, 1.807) is 12.1 Å². The van der Waals surface area contributed by atoms with Crippen molar-refractivity contribution in [1.82, 2.24) is 4.90 Å².